The van der Waals surface area contributed by atoms with Gasteiger partial charge in [-0.05, 0) is 37.6 Å². The third kappa shape index (κ3) is 4.36. The van der Waals surface area contributed by atoms with Crippen LogP contribution in [0.3, 0.4) is 0 Å². The average molecular weight is 292 g/mol. The molecule has 0 radical (unpaired) electrons. The average Bonchev–Trinajstić information content (AvgIpc) is 2.92. The van der Waals surface area contributed by atoms with Crippen molar-refractivity contribution in [1.29, 1.82) is 0 Å². The highest BCUT2D eigenvalue weighted by molar-refractivity contribution is 5.77. The molecular formula is C16H24N2O3. The van der Waals surface area contributed by atoms with Crippen LogP contribution in [-0.4, -0.2) is 44.7 Å². The van der Waals surface area contributed by atoms with E-state index in [4.69, 9.17) is 9.47 Å². The van der Waals surface area contributed by atoms with Gasteiger partial charge in [0.15, 0.2) is 0 Å². The number of hydrogen-bond acceptors (Lipinski definition) is 4. The third-order valence-electron chi connectivity index (χ3n) is 3.76. The molecule has 1 heterocycles. The Morgan fingerprint density at radius 2 is 2.14 bits per heavy atom. The first-order chi connectivity index (χ1) is 10.2. The fourth-order valence-corrected chi connectivity index (χ4v) is 2.58. The minimum atomic E-state index is 0.296. The smallest absolute Gasteiger partial charge is 0.222 e. The summed E-state index contributed by atoms with van der Waals surface area (Å²) in [5, 5.41) is 3.39. The molecule has 1 fully saturated rings. The summed E-state index contributed by atoms with van der Waals surface area (Å²) in [6.45, 7) is 3.38. The van der Waals surface area contributed by atoms with E-state index in [2.05, 4.69) is 5.32 Å². The summed E-state index contributed by atoms with van der Waals surface area (Å²) < 4.78 is 10.6. The Balaban J connectivity index is 1.74. The number of nitrogens with zero attached hydrogens (tertiary/aromatic N) is 1. The molecule has 1 aromatic rings. The first-order valence-corrected chi connectivity index (χ1v) is 7.44. The van der Waals surface area contributed by atoms with E-state index < -0.39 is 0 Å². The summed E-state index contributed by atoms with van der Waals surface area (Å²) in [5.74, 6) is 1.98. The molecule has 0 aromatic heterocycles. The highest BCUT2D eigenvalue weighted by Crippen LogP contribution is 2.23. The fraction of sp³-hybridized carbons (Fsp3) is 0.562. The van der Waals surface area contributed by atoms with Crippen molar-refractivity contribution >= 4 is 5.91 Å². The molecular weight excluding hydrogens is 268 g/mol. The van der Waals surface area contributed by atoms with Crippen LogP contribution < -0.4 is 14.8 Å². The molecule has 5 nitrogen and oxygen atoms in total. The van der Waals surface area contributed by atoms with E-state index in [1.165, 1.54) is 0 Å². The summed E-state index contributed by atoms with van der Waals surface area (Å²) in [7, 11) is 3.33. The molecule has 2 rings (SSSR count). The summed E-state index contributed by atoms with van der Waals surface area (Å²) in [6.07, 6.45) is 2.69. The third-order valence-corrected chi connectivity index (χ3v) is 3.76. The van der Waals surface area contributed by atoms with Crippen LogP contribution in [0.5, 0.6) is 11.5 Å². The van der Waals surface area contributed by atoms with Gasteiger partial charge in [0, 0.05) is 31.6 Å². The van der Waals surface area contributed by atoms with Crippen LogP contribution in [0.4, 0.5) is 0 Å². The van der Waals surface area contributed by atoms with Crippen LogP contribution in [0.1, 0.15) is 24.8 Å². The lowest BCUT2D eigenvalue weighted by molar-refractivity contribution is -0.127. The van der Waals surface area contributed by atoms with Gasteiger partial charge in [-0.2, -0.15) is 0 Å². The maximum Gasteiger partial charge on any atom is 0.222 e. The van der Waals surface area contributed by atoms with Crippen molar-refractivity contribution in [2.45, 2.75) is 25.8 Å². The van der Waals surface area contributed by atoms with E-state index >= 15 is 0 Å². The van der Waals surface area contributed by atoms with E-state index in [-0.39, 0.29) is 0 Å². The van der Waals surface area contributed by atoms with Crippen molar-refractivity contribution < 1.29 is 14.3 Å². The predicted octanol–water partition coefficient (Wildman–Crippen LogP) is 1.81. The van der Waals surface area contributed by atoms with Crippen LogP contribution in [0.25, 0.3) is 0 Å². The lowest BCUT2D eigenvalue weighted by Gasteiger charge is -2.15. The fourth-order valence-electron chi connectivity index (χ4n) is 2.58. The van der Waals surface area contributed by atoms with Gasteiger partial charge in [0.2, 0.25) is 5.91 Å². The minimum absolute atomic E-state index is 0.296. The Morgan fingerprint density at radius 3 is 2.81 bits per heavy atom. The van der Waals surface area contributed by atoms with Crippen molar-refractivity contribution in [1.82, 2.24) is 10.2 Å². The molecule has 0 saturated carbocycles. The molecule has 1 aromatic carbocycles. The molecule has 116 valence electrons. The summed E-state index contributed by atoms with van der Waals surface area (Å²) in [4.78, 5) is 13.4. The van der Waals surface area contributed by atoms with Gasteiger partial charge in [0.05, 0.1) is 14.2 Å². The normalized spacial score (nSPS) is 14.6. The molecule has 5 heteroatoms. The molecule has 1 aliphatic heterocycles. The van der Waals surface area contributed by atoms with Gasteiger partial charge < -0.3 is 19.7 Å². The largest absolute Gasteiger partial charge is 0.497 e. The van der Waals surface area contributed by atoms with Gasteiger partial charge in [-0.1, -0.05) is 0 Å². The topological polar surface area (TPSA) is 50.8 Å². The first kappa shape index (κ1) is 15.6. The van der Waals surface area contributed by atoms with E-state index in [9.17, 15) is 4.79 Å². The van der Waals surface area contributed by atoms with Crippen molar-refractivity contribution in [2.24, 2.45) is 0 Å². The monoisotopic (exact) mass is 292 g/mol. The number of methoxy groups -OCH3 is 2. The molecule has 1 amide bonds. The Kier molecular flexibility index (Phi) is 5.87. The molecule has 1 N–H and O–H groups in total. The molecule has 0 unspecified atom stereocenters. The molecule has 1 saturated heterocycles. The SMILES string of the molecule is COc1ccc(OC)c(CNCCCN2CCCC2=O)c1. The molecule has 0 aliphatic carbocycles. The number of carbonyl (C=O) groups is 1. The number of benzene rings is 1. The molecule has 21 heavy (non-hydrogen) atoms. The van der Waals surface area contributed by atoms with Crippen molar-refractivity contribution in [2.75, 3.05) is 33.9 Å². The maximum absolute atomic E-state index is 11.5. The van der Waals surface area contributed by atoms with Crippen molar-refractivity contribution in [3.05, 3.63) is 23.8 Å². The Hall–Kier alpha value is -1.75. The standard InChI is InChI=1S/C16H24N2O3/c1-20-14-6-7-15(21-2)13(11-14)12-17-8-4-10-18-9-3-5-16(18)19/h6-7,11,17H,3-5,8-10,12H2,1-2H3. The second-order valence-electron chi connectivity index (χ2n) is 5.19. The van der Waals surface area contributed by atoms with Gasteiger partial charge in [0.1, 0.15) is 11.5 Å². The van der Waals surface area contributed by atoms with Crippen molar-refractivity contribution in [3.8, 4) is 11.5 Å². The second kappa shape index (κ2) is 7.88. The second-order valence-corrected chi connectivity index (χ2v) is 5.19. The number of ether oxygens (including phenoxy) is 2. The lowest BCUT2D eigenvalue weighted by Crippen LogP contribution is -2.28. The maximum atomic E-state index is 11.5. The molecule has 0 spiro atoms. The van der Waals surface area contributed by atoms with Gasteiger partial charge >= 0.3 is 0 Å². The van der Waals surface area contributed by atoms with Gasteiger partial charge in [0.25, 0.3) is 0 Å². The highest BCUT2D eigenvalue weighted by Gasteiger charge is 2.18. The quantitative estimate of drug-likeness (QED) is 0.742. The van der Waals surface area contributed by atoms with E-state index in [0.29, 0.717) is 12.3 Å². The number of rotatable bonds is 8. The van der Waals surface area contributed by atoms with Gasteiger partial charge in [-0.3, -0.25) is 4.79 Å². The lowest BCUT2D eigenvalue weighted by atomic mass is 10.2. The highest BCUT2D eigenvalue weighted by atomic mass is 16.5. The Labute approximate surface area is 126 Å². The van der Waals surface area contributed by atoms with Crippen LogP contribution in [-0.2, 0) is 11.3 Å². The number of carbonyl (C=O) groups excluding carboxylic acids is 1. The van der Waals surface area contributed by atoms with E-state index in [1.807, 2.05) is 23.1 Å². The summed E-state index contributed by atoms with van der Waals surface area (Å²) >= 11 is 0. The number of amides is 1. The molecule has 0 bridgehead atoms. The zero-order valence-corrected chi connectivity index (χ0v) is 12.9. The summed E-state index contributed by atoms with van der Waals surface area (Å²) in [5.41, 5.74) is 1.08. The van der Waals surface area contributed by atoms with E-state index in [1.54, 1.807) is 14.2 Å². The number of likely N-dealkylation sites (tertiary alicyclic amines) is 1. The zero-order chi connectivity index (χ0) is 15.1. The van der Waals surface area contributed by atoms with Gasteiger partial charge in [-0.25, -0.2) is 0 Å². The zero-order valence-electron chi connectivity index (χ0n) is 12.9. The minimum Gasteiger partial charge on any atom is -0.497 e. The number of nitrogens with one attached hydrogen (secondary N) is 1. The van der Waals surface area contributed by atoms with Crippen LogP contribution in [0, 0.1) is 0 Å². The summed E-state index contributed by atoms with van der Waals surface area (Å²) in [6, 6.07) is 5.79. The van der Waals surface area contributed by atoms with Gasteiger partial charge in [-0.15, -0.1) is 0 Å². The molecule has 1 aliphatic rings. The number of hydrogen-bond donors (Lipinski definition) is 1. The van der Waals surface area contributed by atoms with Crippen LogP contribution in [0.2, 0.25) is 0 Å². The van der Waals surface area contributed by atoms with Crippen LogP contribution in [0.15, 0.2) is 18.2 Å². The molecule has 0 atom stereocenters. The van der Waals surface area contributed by atoms with E-state index in [0.717, 1.165) is 56.1 Å². The Morgan fingerprint density at radius 1 is 1.29 bits per heavy atom. The van der Waals surface area contributed by atoms with Crippen molar-refractivity contribution in [3.63, 3.8) is 0 Å². The predicted molar refractivity (Wildman–Crippen MR) is 81.7 cm³/mol. The van der Waals surface area contributed by atoms with Crippen LogP contribution >= 0.6 is 0 Å². The first-order valence-electron chi connectivity index (χ1n) is 7.44. The Bertz CT molecular complexity index is 477.